The summed E-state index contributed by atoms with van der Waals surface area (Å²) < 4.78 is 0. The van der Waals surface area contributed by atoms with Crippen molar-refractivity contribution in [1.82, 2.24) is 9.88 Å². The molecule has 1 saturated heterocycles. The molecule has 0 radical (unpaired) electrons. The number of nitrogen functional groups attached to an aromatic ring is 1. The molecule has 16 heavy (non-hydrogen) atoms. The van der Waals surface area contributed by atoms with Gasteiger partial charge in [0.05, 0.1) is 11.3 Å². The van der Waals surface area contributed by atoms with E-state index in [1.165, 1.54) is 6.42 Å². The summed E-state index contributed by atoms with van der Waals surface area (Å²) >= 11 is 0. The molecule has 0 aromatic carbocycles. The normalized spacial score (nSPS) is 15.9. The van der Waals surface area contributed by atoms with E-state index in [1.807, 2.05) is 4.90 Å². The van der Waals surface area contributed by atoms with Crippen LogP contribution in [0.5, 0.6) is 0 Å². The number of nitrogens with two attached hydrogens (primary N) is 1. The number of carbonyl (C=O) groups excluding carboxylic acids is 1. The molecule has 1 aliphatic rings. The van der Waals surface area contributed by atoms with Crippen molar-refractivity contribution >= 4 is 11.6 Å². The van der Waals surface area contributed by atoms with Crippen LogP contribution in [0.15, 0.2) is 18.5 Å². The van der Waals surface area contributed by atoms with Gasteiger partial charge in [0, 0.05) is 25.5 Å². The summed E-state index contributed by atoms with van der Waals surface area (Å²) in [5, 5.41) is 0. The van der Waals surface area contributed by atoms with E-state index in [2.05, 4.69) is 10.4 Å². The lowest BCUT2D eigenvalue weighted by Gasteiger charge is -2.27. The van der Waals surface area contributed by atoms with Crippen molar-refractivity contribution in [2.45, 2.75) is 19.3 Å². The molecule has 0 aliphatic carbocycles. The molecule has 0 saturated carbocycles. The monoisotopic (exact) mass is 220 g/mol. The molecule has 2 rings (SSSR count). The summed E-state index contributed by atoms with van der Waals surface area (Å²) in [6.07, 6.45) is 6.54. The lowest BCUT2D eigenvalue weighted by Crippen LogP contribution is -2.36. The van der Waals surface area contributed by atoms with Crippen molar-refractivity contribution in [3.05, 3.63) is 24.0 Å². The van der Waals surface area contributed by atoms with Crippen LogP contribution >= 0.6 is 0 Å². The minimum Gasteiger partial charge on any atom is -0.339 e. The van der Waals surface area contributed by atoms with Gasteiger partial charge < -0.3 is 10.3 Å². The van der Waals surface area contributed by atoms with Crippen molar-refractivity contribution in [1.29, 1.82) is 0 Å². The number of hydrogen-bond donors (Lipinski definition) is 2. The van der Waals surface area contributed by atoms with Crippen LogP contribution in [0, 0.1) is 0 Å². The maximum atomic E-state index is 12.2. The molecule has 1 fully saturated rings. The number of anilines is 1. The van der Waals surface area contributed by atoms with Gasteiger partial charge >= 0.3 is 0 Å². The molecule has 2 heterocycles. The number of hydrazine groups is 1. The molecule has 0 bridgehead atoms. The smallest absolute Gasteiger partial charge is 0.257 e. The number of nitrogens with one attached hydrogen (secondary N) is 1. The van der Waals surface area contributed by atoms with Crippen LogP contribution in [0.1, 0.15) is 29.6 Å². The number of amides is 1. The van der Waals surface area contributed by atoms with E-state index in [-0.39, 0.29) is 5.91 Å². The van der Waals surface area contributed by atoms with Crippen molar-refractivity contribution in [3.8, 4) is 0 Å². The zero-order chi connectivity index (χ0) is 11.4. The Morgan fingerprint density at radius 2 is 2.12 bits per heavy atom. The molecular weight excluding hydrogens is 204 g/mol. The fraction of sp³-hybridized carbons (Fsp3) is 0.455. The molecule has 5 nitrogen and oxygen atoms in total. The largest absolute Gasteiger partial charge is 0.339 e. The number of piperidine rings is 1. The SMILES string of the molecule is NNc1ccncc1C(=O)N1CCCCC1. The third-order valence-electron chi connectivity index (χ3n) is 2.85. The van der Waals surface area contributed by atoms with E-state index >= 15 is 0 Å². The average molecular weight is 220 g/mol. The predicted molar refractivity (Wildman–Crippen MR) is 61.8 cm³/mol. The van der Waals surface area contributed by atoms with Gasteiger partial charge in [-0.3, -0.25) is 15.6 Å². The Bertz CT molecular complexity index is 374. The van der Waals surface area contributed by atoms with E-state index in [1.54, 1.807) is 18.5 Å². The highest BCUT2D eigenvalue weighted by Crippen LogP contribution is 2.17. The molecule has 1 aliphatic heterocycles. The Balaban J connectivity index is 2.19. The summed E-state index contributed by atoms with van der Waals surface area (Å²) in [5.74, 6) is 5.38. The maximum Gasteiger partial charge on any atom is 0.257 e. The molecule has 5 heteroatoms. The molecule has 0 atom stereocenters. The topological polar surface area (TPSA) is 71.2 Å². The first-order chi connectivity index (χ1) is 7.83. The number of nitrogens with zero attached hydrogens (tertiary/aromatic N) is 2. The van der Waals surface area contributed by atoms with Gasteiger partial charge in [-0.1, -0.05) is 0 Å². The minimum atomic E-state index is 0.0146. The summed E-state index contributed by atoms with van der Waals surface area (Å²) in [6, 6.07) is 1.71. The van der Waals surface area contributed by atoms with Gasteiger partial charge in [0.15, 0.2) is 0 Å². The average Bonchev–Trinajstić information content (AvgIpc) is 2.39. The van der Waals surface area contributed by atoms with Crippen LogP contribution in [0.3, 0.4) is 0 Å². The molecule has 3 N–H and O–H groups in total. The summed E-state index contributed by atoms with van der Waals surface area (Å²) in [4.78, 5) is 18.0. The summed E-state index contributed by atoms with van der Waals surface area (Å²) in [6.45, 7) is 1.66. The Morgan fingerprint density at radius 1 is 1.38 bits per heavy atom. The molecule has 1 aromatic heterocycles. The van der Waals surface area contributed by atoms with Crippen molar-refractivity contribution in [3.63, 3.8) is 0 Å². The number of hydrogen-bond acceptors (Lipinski definition) is 4. The zero-order valence-electron chi connectivity index (χ0n) is 9.15. The lowest BCUT2D eigenvalue weighted by molar-refractivity contribution is 0.0725. The quantitative estimate of drug-likeness (QED) is 0.576. The van der Waals surface area contributed by atoms with Gasteiger partial charge in [0.1, 0.15) is 0 Å². The molecule has 86 valence electrons. The van der Waals surface area contributed by atoms with E-state index in [0.29, 0.717) is 11.3 Å². The first-order valence-electron chi connectivity index (χ1n) is 5.53. The van der Waals surface area contributed by atoms with Gasteiger partial charge in [-0.05, 0) is 25.3 Å². The second kappa shape index (κ2) is 4.94. The van der Waals surface area contributed by atoms with Gasteiger partial charge in [-0.2, -0.15) is 0 Å². The zero-order valence-corrected chi connectivity index (χ0v) is 9.15. The fourth-order valence-corrected chi connectivity index (χ4v) is 1.96. The van der Waals surface area contributed by atoms with Gasteiger partial charge in [-0.25, -0.2) is 0 Å². The highest BCUT2D eigenvalue weighted by atomic mass is 16.2. The third-order valence-corrected chi connectivity index (χ3v) is 2.85. The van der Waals surface area contributed by atoms with Crippen LogP contribution in [0.25, 0.3) is 0 Å². The van der Waals surface area contributed by atoms with E-state index < -0.39 is 0 Å². The summed E-state index contributed by atoms with van der Waals surface area (Å²) in [5.41, 5.74) is 3.71. The Kier molecular flexibility index (Phi) is 3.36. The van der Waals surface area contributed by atoms with Crippen LogP contribution in [-0.2, 0) is 0 Å². The second-order valence-electron chi connectivity index (χ2n) is 3.92. The Morgan fingerprint density at radius 3 is 2.81 bits per heavy atom. The predicted octanol–water partition coefficient (Wildman–Crippen LogP) is 0.993. The highest BCUT2D eigenvalue weighted by Gasteiger charge is 2.20. The van der Waals surface area contributed by atoms with Crippen LogP contribution in [-0.4, -0.2) is 28.9 Å². The number of likely N-dealkylation sites (tertiary alicyclic amines) is 1. The highest BCUT2D eigenvalue weighted by molar-refractivity contribution is 5.99. The van der Waals surface area contributed by atoms with Crippen molar-refractivity contribution in [2.24, 2.45) is 5.84 Å². The Hall–Kier alpha value is -1.62. The number of aromatic nitrogens is 1. The number of carbonyl (C=O) groups is 1. The van der Waals surface area contributed by atoms with E-state index in [4.69, 9.17) is 5.84 Å². The second-order valence-corrected chi connectivity index (χ2v) is 3.92. The van der Waals surface area contributed by atoms with Crippen molar-refractivity contribution in [2.75, 3.05) is 18.5 Å². The minimum absolute atomic E-state index is 0.0146. The van der Waals surface area contributed by atoms with Crippen LogP contribution in [0.4, 0.5) is 5.69 Å². The molecule has 0 unspecified atom stereocenters. The van der Waals surface area contributed by atoms with Crippen molar-refractivity contribution < 1.29 is 4.79 Å². The lowest BCUT2D eigenvalue weighted by atomic mass is 10.1. The standard InChI is InChI=1S/C11H16N4O/c12-14-10-4-5-13-8-9(10)11(16)15-6-2-1-3-7-15/h4-5,8H,1-3,6-7,12H2,(H,13,14). The van der Waals surface area contributed by atoms with E-state index in [9.17, 15) is 4.79 Å². The third kappa shape index (κ3) is 2.14. The molecular formula is C11H16N4O. The number of pyridine rings is 1. The number of rotatable bonds is 2. The fourth-order valence-electron chi connectivity index (χ4n) is 1.96. The van der Waals surface area contributed by atoms with Gasteiger partial charge in [0.25, 0.3) is 5.91 Å². The summed E-state index contributed by atoms with van der Waals surface area (Å²) in [7, 11) is 0. The van der Waals surface area contributed by atoms with Gasteiger partial charge in [0.2, 0.25) is 0 Å². The van der Waals surface area contributed by atoms with E-state index in [0.717, 1.165) is 25.9 Å². The maximum absolute atomic E-state index is 12.2. The van der Waals surface area contributed by atoms with Gasteiger partial charge in [-0.15, -0.1) is 0 Å². The first-order valence-corrected chi connectivity index (χ1v) is 5.53. The molecule has 1 amide bonds. The van der Waals surface area contributed by atoms with Crippen LogP contribution in [0.2, 0.25) is 0 Å². The Labute approximate surface area is 94.6 Å². The molecule has 0 spiro atoms. The molecule has 1 aromatic rings. The van der Waals surface area contributed by atoms with Crippen LogP contribution < -0.4 is 11.3 Å². The first kappa shape index (κ1) is 10.9.